The Morgan fingerprint density at radius 2 is 2.24 bits per heavy atom. The maximum absolute atomic E-state index is 11.9. The van der Waals surface area contributed by atoms with Gasteiger partial charge in [-0.2, -0.15) is 0 Å². The Morgan fingerprint density at radius 3 is 2.88 bits per heavy atom. The number of halogens is 2. The molecule has 0 aliphatic carbocycles. The van der Waals surface area contributed by atoms with Gasteiger partial charge in [0.15, 0.2) is 0 Å². The second-order valence-corrected chi connectivity index (χ2v) is 4.80. The first kappa shape index (κ1) is 12.3. The summed E-state index contributed by atoms with van der Waals surface area (Å²) in [6.07, 6.45) is 0. The Bertz CT molecular complexity index is 570. The first-order valence-electron chi connectivity index (χ1n) is 4.63. The number of carbonyl (C=O) groups is 1. The zero-order chi connectivity index (χ0) is 12.4. The summed E-state index contributed by atoms with van der Waals surface area (Å²) in [5, 5.41) is 10.3. The molecule has 2 aromatic rings. The topological polar surface area (TPSA) is 68.0 Å². The van der Waals surface area contributed by atoms with Gasteiger partial charge in [0.1, 0.15) is 0 Å². The molecular formula is C10H7ClIN3O2. The summed E-state index contributed by atoms with van der Waals surface area (Å²) in [6.45, 7) is 1.64. The van der Waals surface area contributed by atoms with Crippen LogP contribution in [0.4, 0.5) is 6.01 Å². The zero-order valence-corrected chi connectivity index (χ0v) is 11.6. The van der Waals surface area contributed by atoms with E-state index in [0.717, 1.165) is 3.57 Å². The Labute approximate surface area is 116 Å². The molecule has 0 aliphatic heterocycles. The van der Waals surface area contributed by atoms with Crippen molar-refractivity contribution in [1.82, 2.24) is 10.2 Å². The summed E-state index contributed by atoms with van der Waals surface area (Å²) < 4.78 is 5.85. The molecule has 17 heavy (non-hydrogen) atoms. The summed E-state index contributed by atoms with van der Waals surface area (Å²) in [5.41, 5.74) is 0.467. The minimum Gasteiger partial charge on any atom is -0.408 e. The number of hydrogen-bond acceptors (Lipinski definition) is 4. The second kappa shape index (κ2) is 5.01. The van der Waals surface area contributed by atoms with Crippen LogP contribution >= 0.6 is 34.2 Å². The molecular weight excluding hydrogens is 356 g/mol. The minimum atomic E-state index is -0.333. The number of aryl methyl sites for hydroxylation is 1. The number of carbonyl (C=O) groups excluding carboxylic acids is 1. The third-order valence-corrected chi connectivity index (χ3v) is 3.10. The van der Waals surface area contributed by atoms with Crippen LogP contribution in [0.5, 0.6) is 0 Å². The molecule has 0 unspecified atom stereocenters. The molecule has 5 nitrogen and oxygen atoms in total. The van der Waals surface area contributed by atoms with Gasteiger partial charge in [-0.1, -0.05) is 16.7 Å². The third-order valence-electron chi connectivity index (χ3n) is 1.92. The monoisotopic (exact) mass is 363 g/mol. The lowest BCUT2D eigenvalue weighted by molar-refractivity contribution is 0.102. The van der Waals surface area contributed by atoms with Crippen LogP contribution < -0.4 is 5.32 Å². The first-order chi connectivity index (χ1) is 8.06. The van der Waals surface area contributed by atoms with Gasteiger partial charge in [-0.25, -0.2) is 0 Å². The molecule has 1 aromatic heterocycles. The fraction of sp³-hybridized carbons (Fsp3) is 0.100. The molecule has 0 spiro atoms. The molecule has 1 amide bonds. The van der Waals surface area contributed by atoms with E-state index < -0.39 is 0 Å². The normalized spacial score (nSPS) is 10.3. The van der Waals surface area contributed by atoms with Gasteiger partial charge < -0.3 is 4.42 Å². The number of nitrogens with zero attached hydrogens (tertiary/aromatic N) is 2. The van der Waals surface area contributed by atoms with Crippen molar-refractivity contribution < 1.29 is 9.21 Å². The molecule has 0 saturated heterocycles. The predicted octanol–water partition coefficient (Wildman–Crippen LogP) is 2.89. The molecule has 7 heteroatoms. The molecule has 1 N–H and O–H groups in total. The molecule has 88 valence electrons. The van der Waals surface area contributed by atoms with E-state index in [4.69, 9.17) is 16.0 Å². The maximum Gasteiger partial charge on any atom is 0.322 e. The fourth-order valence-corrected chi connectivity index (χ4v) is 1.94. The molecule has 0 bridgehead atoms. The molecule has 2 rings (SSSR count). The fourth-order valence-electron chi connectivity index (χ4n) is 1.18. The summed E-state index contributed by atoms with van der Waals surface area (Å²) in [4.78, 5) is 11.9. The van der Waals surface area contributed by atoms with Crippen LogP contribution in [0.3, 0.4) is 0 Å². The van der Waals surface area contributed by atoms with E-state index in [1.54, 1.807) is 25.1 Å². The average molecular weight is 364 g/mol. The summed E-state index contributed by atoms with van der Waals surface area (Å²) in [5.74, 6) is 0.0571. The third kappa shape index (κ3) is 2.95. The summed E-state index contributed by atoms with van der Waals surface area (Å²) in [6, 6.07) is 5.14. The number of aromatic nitrogens is 2. The van der Waals surface area contributed by atoms with E-state index in [-0.39, 0.29) is 11.9 Å². The first-order valence-corrected chi connectivity index (χ1v) is 6.08. The molecule has 1 aromatic carbocycles. The SMILES string of the molecule is Cc1nnc(NC(=O)c2cc(Cl)ccc2I)o1. The maximum atomic E-state index is 11.9. The van der Waals surface area contributed by atoms with Crippen LogP contribution in [0.1, 0.15) is 16.2 Å². The standard InChI is InChI=1S/C10H7ClIN3O2/c1-5-14-15-10(17-5)13-9(16)7-4-6(11)2-3-8(7)12/h2-4H,1H3,(H,13,15,16). The number of anilines is 1. The highest BCUT2D eigenvalue weighted by atomic mass is 127. The lowest BCUT2D eigenvalue weighted by atomic mass is 10.2. The van der Waals surface area contributed by atoms with Crippen molar-refractivity contribution in [3.8, 4) is 0 Å². The van der Waals surface area contributed by atoms with Gasteiger partial charge in [0.2, 0.25) is 5.89 Å². The highest BCUT2D eigenvalue weighted by Crippen LogP contribution is 2.19. The quantitative estimate of drug-likeness (QED) is 0.833. The van der Waals surface area contributed by atoms with E-state index in [9.17, 15) is 4.79 Å². The van der Waals surface area contributed by atoms with Crippen molar-refractivity contribution in [2.24, 2.45) is 0 Å². The minimum absolute atomic E-state index is 0.0725. The van der Waals surface area contributed by atoms with E-state index in [0.29, 0.717) is 16.5 Å². The van der Waals surface area contributed by atoms with Crippen LogP contribution in [0, 0.1) is 10.5 Å². The lowest BCUT2D eigenvalue weighted by Crippen LogP contribution is -2.13. The highest BCUT2D eigenvalue weighted by Gasteiger charge is 2.13. The van der Waals surface area contributed by atoms with Gasteiger partial charge in [0, 0.05) is 15.5 Å². The van der Waals surface area contributed by atoms with Crippen LogP contribution in [0.2, 0.25) is 5.02 Å². The van der Waals surface area contributed by atoms with Crippen molar-refractivity contribution in [2.75, 3.05) is 5.32 Å². The van der Waals surface area contributed by atoms with Gasteiger partial charge in [-0.05, 0) is 40.8 Å². The molecule has 0 saturated carbocycles. The van der Waals surface area contributed by atoms with E-state index in [1.807, 2.05) is 0 Å². The van der Waals surface area contributed by atoms with Crippen LogP contribution in [0.15, 0.2) is 22.6 Å². The van der Waals surface area contributed by atoms with E-state index >= 15 is 0 Å². The zero-order valence-electron chi connectivity index (χ0n) is 8.70. The Balaban J connectivity index is 2.22. The van der Waals surface area contributed by atoms with Gasteiger partial charge in [-0.3, -0.25) is 10.1 Å². The Morgan fingerprint density at radius 1 is 1.47 bits per heavy atom. The summed E-state index contributed by atoms with van der Waals surface area (Å²) in [7, 11) is 0. The van der Waals surface area contributed by atoms with E-state index in [1.165, 1.54) is 0 Å². The number of benzene rings is 1. The lowest BCUT2D eigenvalue weighted by Gasteiger charge is -2.03. The van der Waals surface area contributed by atoms with Crippen LogP contribution in [0.25, 0.3) is 0 Å². The molecule has 0 aliphatic rings. The van der Waals surface area contributed by atoms with Gasteiger partial charge in [-0.15, -0.1) is 5.10 Å². The number of nitrogens with one attached hydrogen (secondary N) is 1. The molecule has 0 atom stereocenters. The van der Waals surface area contributed by atoms with E-state index in [2.05, 4.69) is 38.1 Å². The Kier molecular flexibility index (Phi) is 3.63. The average Bonchev–Trinajstić information content (AvgIpc) is 2.67. The second-order valence-electron chi connectivity index (χ2n) is 3.20. The number of rotatable bonds is 2. The molecule has 1 heterocycles. The van der Waals surface area contributed by atoms with Crippen LogP contribution in [-0.2, 0) is 0 Å². The number of amides is 1. The van der Waals surface area contributed by atoms with Gasteiger partial charge in [0.25, 0.3) is 5.91 Å². The Hall–Kier alpha value is -1.15. The summed E-state index contributed by atoms with van der Waals surface area (Å²) >= 11 is 7.89. The molecule has 0 radical (unpaired) electrons. The largest absolute Gasteiger partial charge is 0.408 e. The van der Waals surface area contributed by atoms with Crippen molar-refractivity contribution in [2.45, 2.75) is 6.92 Å². The van der Waals surface area contributed by atoms with Crippen molar-refractivity contribution >= 4 is 46.1 Å². The van der Waals surface area contributed by atoms with Crippen molar-refractivity contribution in [3.05, 3.63) is 38.2 Å². The van der Waals surface area contributed by atoms with Gasteiger partial charge >= 0.3 is 6.01 Å². The van der Waals surface area contributed by atoms with Crippen molar-refractivity contribution in [1.29, 1.82) is 0 Å². The smallest absolute Gasteiger partial charge is 0.322 e. The van der Waals surface area contributed by atoms with Crippen molar-refractivity contribution in [3.63, 3.8) is 0 Å². The highest BCUT2D eigenvalue weighted by molar-refractivity contribution is 14.1. The predicted molar refractivity (Wildman–Crippen MR) is 71.2 cm³/mol. The van der Waals surface area contributed by atoms with Gasteiger partial charge in [0.05, 0.1) is 5.56 Å². The molecule has 0 fully saturated rings. The number of hydrogen-bond donors (Lipinski definition) is 1. The van der Waals surface area contributed by atoms with Crippen LogP contribution in [-0.4, -0.2) is 16.1 Å².